The second-order valence-corrected chi connectivity index (χ2v) is 9.93. The molecule has 6 rings (SSSR count). The highest BCUT2D eigenvalue weighted by Crippen LogP contribution is 2.76. The first-order valence-electron chi connectivity index (χ1n) is 10.2. The number of rotatable bonds is 2. The number of aliphatic hydroxyl groups is 1. The lowest BCUT2D eigenvalue weighted by atomic mass is 9.33. The minimum Gasteiger partial charge on any atom is -0.367 e. The first kappa shape index (κ1) is 17.4. The van der Waals surface area contributed by atoms with Crippen molar-refractivity contribution in [2.24, 2.45) is 28.6 Å². The summed E-state index contributed by atoms with van der Waals surface area (Å²) in [6.07, 6.45) is 7.08. The summed E-state index contributed by atoms with van der Waals surface area (Å²) in [5.74, 6) is 0.679. The molecule has 0 aromatic rings. The van der Waals surface area contributed by atoms with Gasteiger partial charge >= 0.3 is 0 Å². The molecular weight excluding hydrogens is 328 g/mol. The predicted molar refractivity (Wildman–Crippen MR) is 98.2 cm³/mol. The van der Waals surface area contributed by atoms with Gasteiger partial charge in [-0.05, 0) is 50.5 Å². The van der Waals surface area contributed by atoms with Gasteiger partial charge in [-0.1, -0.05) is 38.0 Å². The summed E-state index contributed by atoms with van der Waals surface area (Å²) in [5.41, 5.74) is 2.20. The van der Waals surface area contributed by atoms with E-state index in [1.165, 1.54) is 12.0 Å². The third-order valence-electron chi connectivity index (χ3n) is 8.38. The van der Waals surface area contributed by atoms with Gasteiger partial charge < -0.3 is 19.3 Å². The number of allylic oxidation sites excluding steroid dienone is 1. The van der Waals surface area contributed by atoms with Crippen LogP contribution in [0.1, 0.15) is 52.9 Å². The lowest BCUT2D eigenvalue weighted by Crippen LogP contribution is -2.77. The monoisotopic (exact) mass is 360 g/mol. The first-order valence-corrected chi connectivity index (χ1v) is 10.2. The Morgan fingerprint density at radius 2 is 2.12 bits per heavy atom. The van der Waals surface area contributed by atoms with Crippen molar-refractivity contribution in [1.29, 1.82) is 0 Å². The van der Waals surface area contributed by atoms with Gasteiger partial charge in [0.2, 0.25) is 0 Å². The maximum Gasteiger partial charge on any atom is 0.164 e. The molecule has 0 aromatic carbocycles. The Morgan fingerprint density at radius 1 is 1.35 bits per heavy atom. The summed E-state index contributed by atoms with van der Waals surface area (Å²) in [4.78, 5) is 0. The van der Waals surface area contributed by atoms with Crippen LogP contribution in [0.5, 0.6) is 0 Å². The van der Waals surface area contributed by atoms with Crippen molar-refractivity contribution in [2.45, 2.75) is 77.2 Å². The molecule has 0 aromatic heterocycles. The molecule has 1 heterocycles. The van der Waals surface area contributed by atoms with Crippen molar-refractivity contribution >= 4 is 0 Å². The van der Waals surface area contributed by atoms with E-state index in [9.17, 15) is 5.11 Å². The van der Waals surface area contributed by atoms with E-state index in [1.54, 1.807) is 7.11 Å². The van der Waals surface area contributed by atoms with Crippen LogP contribution >= 0.6 is 0 Å². The summed E-state index contributed by atoms with van der Waals surface area (Å²) in [6, 6.07) is 0. The van der Waals surface area contributed by atoms with Gasteiger partial charge in [0.15, 0.2) is 12.1 Å². The van der Waals surface area contributed by atoms with Crippen molar-refractivity contribution in [3.05, 3.63) is 23.8 Å². The van der Waals surface area contributed by atoms with Gasteiger partial charge in [0.25, 0.3) is 0 Å². The molecule has 26 heavy (non-hydrogen) atoms. The molecule has 1 spiro atoms. The third-order valence-corrected chi connectivity index (χ3v) is 8.38. The van der Waals surface area contributed by atoms with Crippen LogP contribution in [0.15, 0.2) is 23.8 Å². The number of fused-ring (bicyclic) bond motifs is 2. The normalized spacial score (nSPS) is 52.3. The second kappa shape index (κ2) is 5.22. The van der Waals surface area contributed by atoms with Crippen LogP contribution in [0, 0.1) is 28.6 Å². The fourth-order valence-electron chi connectivity index (χ4n) is 7.70. The molecule has 3 saturated carbocycles. The number of hydrogen-bond acceptors (Lipinski definition) is 4. The van der Waals surface area contributed by atoms with E-state index < -0.39 is 12.1 Å². The zero-order valence-corrected chi connectivity index (χ0v) is 16.5. The van der Waals surface area contributed by atoms with Crippen LogP contribution in [-0.4, -0.2) is 36.5 Å². The van der Waals surface area contributed by atoms with Gasteiger partial charge in [-0.3, -0.25) is 0 Å². The highest BCUT2D eigenvalue weighted by atomic mass is 16.7. The van der Waals surface area contributed by atoms with Crippen molar-refractivity contribution in [1.82, 2.24) is 0 Å². The fraction of sp³-hybridized carbons (Fsp3) is 0.818. The molecule has 144 valence electrons. The topological polar surface area (TPSA) is 47.9 Å². The number of aliphatic hydroxyl groups excluding tert-OH is 1. The summed E-state index contributed by atoms with van der Waals surface area (Å²) in [7, 11) is 1.65. The van der Waals surface area contributed by atoms with Gasteiger partial charge in [0, 0.05) is 23.9 Å². The maximum absolute atomic E-state index is 11.1. The standard InChI is InChI=1S/C22H32O4/c1-12-7-6-8-21(19(23)24-5)15(12)10-16-22-11-14(17(21)22)9-13(2)18(22)26-20(3,4)25-16/h9,12,15-19,23H,2,6-8,10-11H2,1,3-5H3/t12?,15?,16-,17?,18+,19?,21+,22+/m1/s1. The zero-order valence-electron chi connectivity index (χ0n) is 16.5. The Labute approximate surface area is 156 Å². The minimum absolute atomic E-state index is 0.0159. The molecule has 4 nitrogen and oxygen atoms in total. The minimum atomic E-state index is -0.733. The molecule has 8 atom stereocenters. The van der Waals surface area contributed by atoms with Gasteiger partial charge in [-0.15, -0.1) is 0 Å². The highest BCUT2D eigenvalue weighted by Gasteiger charge is 2.77. The van der Waals surface area contributed by atoms with Gasteiger partial charge in [-0.25, -0.2) is 0 Å². The number of hydrogen-bond donors (Lipinski definition) is 1. The highest BCUT2D eigenvalue weighted by molar-refractivity contribution is 5.48. The predicted octanol–water partition coefficient (Wildman–Crippen LogP) is 3.80. The first-order chi connectivity index (χ1) is 12.3. The van der Waals surface area contributed by atoms with Gasteiger partial charge in [0.1, 0.15) is 0 Å². The summed E-state index contributed by atoms with van der Waals surface area (Å²) in [5, 5.41) is 11.1. The number of ether oxygens (including phenoxy) is 3. The fourth-order valence-corrected chi connectivity index (χ4v) is 7.70. The average Bonchev–Trinajstić information content (AvgIpc) is 2.56. The Hall–Kier alpha value is -0.680. The van der Waals surface area contributed by atoms with Crippen LogP contribution in [-0.2, 0) is 14.2 Å². The van der Waals surface area contributed by atoms with Crippen LogP contribution in [0.4, 0.5) is 0 Å². The smallest absolute Gasteiger partial charge is 0.164 e. The molecule has 1 N–H and O–H groups in total. The Bertz CT molecular complexity index is 682. The van der Waals surface area contributed by atoms with E-state index in [4.69, 9.17) is 14.2 Å². The van der Waals surface area contributed by atoms with Crippen molar-refractivity contribution in [2.75, 3.05) is 7.11 Å². The average molecular weight is 360 g/mol. The Kier molecular flexibility index (Phi) is 3.50. The molecule has 1 saturated heterocycles. The van der Waals surface area contributed by atoms with Crippen LogP contribution < -0.4 is 0 Å². The van der Waals surface area contributed by atoms with Crippen molar-refractivity contribution in [3.63, 3.8) is 0 Å². The van der Waals surface area contributed by atoms with E-state index in [0.717, 1.165) is 31.3 Å². The molecule has 5 aliphatic carbocycles. The molecule has 4 heteroatoms. The molecule has 6 aliphatic rings. The van der Waals surface area contributed by atoms with E-state index in [0.29, 0.717) is 11.8 Å². The summed E-state index contributed by atoms with van der Waals surface area (Å²) >= 11 is 0. The summed E-state index contributed by atoms with van der Waals surface area (Å²) in [6.45, 7) is 10.7. The Balaban J connectivity index is 1.69. The molecule has 0 radical (unpaired) electrons. The van der Waals surface area contributed by atoms with Crippen molar-refractivity contribution < 1.29 is 19.3 Å². The molecule has 4 fully saturated rings. The number of methoxy groups -OCH3 is 1. The maximum atomic E-state index is 11.1. The molecular formula is C22H32O4. The van der Waals surface area contributed by atoms with Crippen molar-refractivity contribution in [3.8, 4) is 0 Å². The van der Waals surface area contributed by atoms with E-state index >= 15 is 0 Å². The van der Waals surface area contributed by atoms with Crippen LogP contribution in [0.2, 0.25) is 0 Å². The molecule has 4 unspecified atom stereocenters. The van der Waals surface area contributed by atoms with Crippen LogP contribution in [0.25, 0.3) is 0 Å². The zero-order chi connectivity index (χ0) is 18.5. The molecule has 1 aliphatic heterocycles. The quantitative estimate of drug-likeness (QED) is 0.761. The SMILES string of the molecule is C=C1C=C2C[C@@]34C2[C@]2(C(O)OC)CCCC(C)C2C[C@H]3OC(C)(C)O[C@@H]14. The molecule has 0 amide bonds. The van der Waals surface area contributed by atoms with Gasteiger partial charge in [0.05, 0.1) is 12.2 Å². The van der Waals surface area contributed by atoms with E-state index in [-0.39, 0.29) is 29.0 Å². The van der Waals surface area contributed by atoms with Crippen LogP contribution in [0.3, 0.4) is 0 Å². The Morgan fingerprint density at radius 3 is 2.85 bits per heavy atom. The second-order valence-electron chi connectivity index (χ2n) is 9.93. The molecule has 2 bridgehead atoms. The largest absolute Gasteiger partial charge is 0.367 e. The lowest BCUT2D eigenvalue weighted by Gasteiger charge is -2.75. The van der Waals surface area contributed by atoms with E-state index in [2.05, 4.69) is 19.6 Å². The van der Waals surface area contributed by atoms with Gasteiger partial charge in [-0.2, -0.15) is 0 Å². The lowest BCUT2D eigenvalue weighted by molar-refractivity contribution is -0.399. The van der Waals surface area contributed by atoms with E-state index in [1.807, 2.05) is 13.8 Å². The summed E-state index contributed by atoms with van der Waals surface area (Å²) < 4.78 is 18.6. The third kappa shape index (κ3) is 1.85.